The van der Waals surface area contributed by atoms with Gasteiger partial charge in [-0.2, -0.15) is 0 Å². The summed E-state index contributed by atoms with van der Waals surface area (Å²) in [5, 5.41) is 15.0. The summed E-state index contributed by atoms with van der Waals surface area (Å²) in [7, 11) is 1.66. The second-order valence-electron chi connectivity index (χ2n) is 8.53. The van der Waals surface area contributed by atoms with Crippen molar-refractivity contribution in [2.45, 2.75) is 32.1 Å². The standard InChI is InChI=1S/C26H30ClN3O4/c1-17(28)33-26(29)25-16-20-22(5-3-6-23(20)34-25)32-14-4-11-30-12-9-18(10-13-30)19-7-8-21(27)24(15-19)31-2/h3,5-8,15-16,18,28-29H,4,9-14H2,1-2H3/p+1. The smallest absolute Gasteiger partial charge is 0.336 e. The molecule has 1 aliphatic heterocycles. The number of hydrogen-bond acceptors (Lipinski definition) is 6. The van der Waals surface area contributed by atoms with Gasteiger partial charge in [0.1, 0.15) is 17.1 Å². The van der Waals surface area contributed by atoms with E-state index in [1.807, 2.05) is 24.3 Å². The Labute approximate surface area is 204 Å². The number of piperidine rings is 1. The van der Waals surface area contributed by atoms with Gasteiger partial charge in [-0.1, -0.05) is 23.7 Å². The van der Waals surface area contributed by atoms with Gasteiger partial charge in [-0.3, -0.25) is 5.41 Å². The van der Waals surface area contributed by atoms with Crippen molar-refractivity contribution in [2.75, 3.05) is 33.4 Å². The third-order valence-corrected chi connectivity index (χ3v) is 6.43. The summed E-state index contributed by atoms with van der Waals surface area (Å²) in [6.07, 6.45) is 3.17. The molecule has 1 aromatic heterocycles. The fraction of sp³-hybridized carbons (Fsp3) is 0.385. The molecule has 1 aliphatic rings. The Balaban J connectivity index is 1.25. The predicted octanol–water partition coefficient (Wildman–Crippen LogP) is 4.26. The third-order valence-electron chi connectivity index (χ3n) is 6.12. The molecule has 0 atom stereocenters. The second-order valence-corrected chi connectivity index (χ2v) is 8.94. The third kappa shape index (κ3) is 5.72. The van der Waals surface area contributed by atoms with Crippen molar-refractivity contribution in [2.24, 2.45) is 0 Å². The second kappa shape index (κ2) is 10.9. The normalized spacial score (nSPS) is 14.8. The van der Waals surface area contributed by atoms with Crippen molar-refractivity contribution in [1.29, 1.82) is 5.41 Å². The van der Waals surface area contributed by atoms with E-state index in [0.717, 1.165) is 55.8 Å². The van der Waals surface area contributed by atoms with Crippen LogP contribution in [0.2, 0.25) is 5.02 Å². The van der Waals surface area contributed by atoms with Gasteiger partial charge in [0.05, 0.1) is 31.0 Å². The maximum absolute atomic E-state index is 7.97. The topological polar surface area (TPSA) is 93.5 Å². The Bertz CT molecular complexity index is 1170. The number of benzene rings is 2. The van der Waals surface area contributed by atoms with Crippen LogP contribution in [0.25, 0.3) is 11.0 Å². The van der Waals surface area contributed by atoms with E-state index in [1.165, 1.54) is 5.56 Å². The van der Waals surface area contributed by atoms with Crippen molar-refractivity contribution in [3.8, 4) is 11.5 Å². The number of likely N-dealkylation sites (tertiary alicyclic amines) is 1. The van der Waals surface area contributed by atoms with Crippen molar-refractivity contribution in [3.05, 3.63) is 58.8 Å². The molecule has 0 saturated carbocycles. The number of methoxy groups -OCH3 is 1. The summed E-state index contributed by atoms with van der Waals surface area (Å²) in [5.41, 5.74) is 1.95. The number of furan rings is 1. The maximum Gasteiger partial charge on any atom is 0.336 e. The minimum Gasteiger partial charge on any atom is -0.495 e. The lowest BCUT2D eigenvalue weighted by molar-refractivity contribution is -0.133. The highest BCUT2D eigenvalue weighted by atomic mass is 35.5. The Kier molecular flexibility index (Phi) is 7.75. The van der Waals surface area contributed by atoms with Crippen LogP contribution in [0.1, 0.15) is 43.4 Å². The molecule has 1 saturated heterocycles. The highest BCUT2D eigenvalue weighted by Crippen LogP contribution is 2.34. The monoisotopic (exact) mass is 484 g/mol. The Hall–Kier alpha value is -3.03. The van der Waals surface area contributed by atoms with Gasteiger partial charge in [0.15, 0.2) is 5.76 Å². The summed E-state index contributed by atoms with van der Waals surface area (Å²) in [6, 6.07) is 13.5. The Morgan fingerprint density at radius 2 is 1.97 bits per heavy atom. The SMILES string of the molecule is COc1cc(C2CCN(CCCOc3cccc4oc(C(=N)OC(C)=[NH2+])cc34)CC2)ccc1Cl. The number of halogens is 1. The zero-order valence-electron chi connectivity index (χ0n) is 19.6. The van der Waals surface area contributed by atoms with E-state index in [9.17, 15) is 0 Å². The number of hydrogen-bond donors (Lipinski definition) is 2. The summed E-state index contributed by atoms with van der Waals surface area (Å²) in [5.74, 6) is 2.41. The number of ether oxygens (including phenoxy) is 3. The first-order chi connectivity index (χ1) is 16.4. The van der Waals surface area contributed by atoms with Crippen LogP contribution in [-0.2, 0) is 4.74 Å². The van der Waals surface area contributed by atoms with E-state index < -0.39 is 0 Å². The van der Waals surface area contributed by atoms with Gasteiger partial charge in [0.25, 0.3) is 5.90 Å². The van der Waals surface area contributed by atoms with Crippen LogP contribution in [0.15, 0.2) is 46.9 Å². The average Bonchev–Trinajstić information content (AvgIpc) is 3.28. The van der Waals surface area contributed by atoms with Crippen LogP contribution >= 0.6 is 11.6 Å². The van der Waals surface area contributed by atoms with Gasteiger partial charge in [-0.25, -0.2) is 5.41 Å². The van der Waals surface area contributed by atoms with Gasteiger partial charge in [0.2, 0.25) is 0 Å². The van der Waals surface area contributed by atoms with Gasteiger partial charge < -0.3 is 23.5 Å². The molecule has 7 nitrogen and oxygen atoms in total. The van der Waals surface area contributed by atoms with E-state index >= 15 is 0 Å². The number of nitrogens with two attached hydrogens (primary N) is 1. The van der Waals surface area contributed by atoms with Crippen LogP contribution in [0.4, 0.5) is 0 Å². The van der Waals surface area contributed by atoms with Crippen LogP contribution in [0.3, 0.4) is 0 Å². The summed E-state index contributed by atoms with van der Waals surface area (Å²) in [6.45, 7) is 5.32. The molecule has 180 valence electrons. The molecule has 0 spiro atoms. The molecule has 2 aromatic carbocycles. The van der Waals surface area contributed by atoms with Crippen LogP contribution in [-0.4, -0.2) is 50.0 Å². The molecule has 3 N–H and O–H groups in total. The first kappa shape index (κ1) is 24.1. The summed E-state index contributed by atoms with van der Waals surface area (Å²) >= 11 is 6.17. The average molecular weight is 485 g/mol. The maximum atomic E-state index is 7.97. The van der Waals surface area contributed by atoms with Crippen molar-refractivity contribution < 1.29 is 24.0 Å². The van der Waals surface area contributed by atoms with E-state index in [4.69, 9.17) is 41.0 Å². The van der Waals surface area contributed by atoms with Gasteiger partial charge in [-0.15, -0.1) is 0 Å². The molecule has 2 heterocycles. The minimum absolute atomic E-state index is 0.123. The number of nitrogens with zero attached hydrogens (tertiary/aromatic N) is 1. The van der Waals surface area contributed by atoms with E-state index in [0.29, 0.717) is 28.9 Å². The first-order valence-electron chi connectivity index (χ1n) is 11.5. The van der Waals surface area contributed by atoms with E-state index in [-0.39, 0.29) is 11.8 Å². The molecule has 0 amide bonds. The fourth-order valence-electron chi connectivity index (χ4n) is 4.37. The molecular formula is C26H31ClN3O4+. The first-order valence-corrected chi connectivity index (χ1v) is 11.9. The van der Waals surface area contributed by atoms with Gasteiger partial charge in [0, 0.05) is 12.6 Å². The van der Waals surface area contributed by atoms with Gasteiger partial charge >= 0.3 is 5.90 Å². The fourth-order valence-corrected chi connectivity index (χ4v) is 4.57. The lowest BCUT2D eigenvalue weighted by atomic mass is 9.89. The van der Waals surface area contributed by atoms with Crippen molar-refractivity contribution >= 4 is 34.4 Å². The van der Waals surface area contributed by atoms with Crippen molar-refractivity contribution in [1.82, 2.24) is 4.90 Å². The zero-order valence-corrected chi connectivity index (χ0v) is 20.4. The molecule has 0 bridgehead atoms. The van der Waals surface area contributed by atoms with Gasteiger partial charge in [-0.05, 0) is 68.1 Å². The molecule has 0 unspecified atom stereocenters. The molecule has 3 aromatic rings. The predicted molar refractivity (Wildman–Crippen MR) is 133 cm³/mol. The van der Waals surface area contributed by atoms with Crippen molar-refractivity contribution in [3.63, 3.8) is 0 Å². The summed E-state index contributed by atoms with van der Waals surface area (Å²) < 4.78 is 22.3. The van der Waals surface area contributed by atoms with E-state index in [2.05, 4.69) is 17.0 Å². The number of rotatable bonds is 8. The highest BCUT2D eigenvalue weighted by molar-refractivity contribution is 6.32. The van der Waals surface area contributed by atoms with Crippen LogP contribution in [0, 0.1) is 5.41 Å². The molecule has 34 heavy (non-hydrogen) atoms. The molecule has 0 radical (unpaired) electrons. The molecule has 4 rings (SSSR count). The lowest BCUT2D eigenvalue weighted by Gasteiger charge is -2.32. The van der Waals surface area contributed by atoms with Crippen LogP contribution < -0.4 is 14.9 Å². The van der Waals surface area contributed by atoms with Crippen LogP contribution in [0.5, 0.6) is 11.5 Å². The molecule has 1 fully saturated rings. The molecule has 8 heteroatoms. The lowest BCUT2D eigenvalue weighted by Crippen LogP contribution is -2.40. The Morgan fingerprint density at radius 3 is 2.71 bits per heavy atom. The van der Waals surface area contributed by atoms with E-state index in [1.54, 1.807) is 20.1 Å². The molecular weight excluding hydrogens is 454 g/mol. The number of nitrogens with one attached hydrogen (secondary N) is 1. The minimum atomic E-state index is -0.123. The summed E-state index contributed by atoms with van der Waals surface area (Å²) in [4.78, 5) is 2.49. The zero-order chi connectivity index (χ0) is 24.1. The quantitative estimate of drug-likeness (QED) is 0.283. The number of fused-ring (bicyclic) bond motifs is 1. The molecule has 0 aliphatic carbocycles. The highest BCUT2D eigenvalue weighted by Gasteiger charge is 2.21. The largest absolute Gasteiger partial charge is 0.495 e. The Morgan fingerprint density at radius 1 is 1.18 bits per heavy atom.